The average Bonchev–Trinajstić information content (AvgIpc) is 2.67. The first-order valence-corrected chi connectivity index (χ1v) is 6.34. The van der Waals surface area contributed by atoms with Gasteiger partial charge < -0.3 is 15.2 Å². The van der Waals surface area contributed by atoms with Crippen LogP contribution in [0, 0.1) is 6.92 Å². The number of hydrogen-bond acceptors (Lipinski definition) is 5. The topological polar surface area (TPSA) is 54.4 Å². The van der Waals surface area contributed by atoms with Crippen molar-refractivity contribution in [2.75, 3.05) is 20.2 Å². The van der Waals surface area contributed by atoms with Crippen LogP contribution in [0.5, 0.6) is 5.75 Å². The van der Waals surface area contributed by atoms with Gasteiger partial charge >= 0.3 is 0 Å². The van der Waals surface area contributed by atoms with E-state index in [-0.39, 0.29) is 6.61 Å². The Morgan fingerprint density at radius 3 is 3.12 bits per heavy atom. The second-order valence-electron chi connectivity index (χ2n) is 3.86. The number of likely N-dealkylation sites (N-methyl/N-ethyl adjacent to an activating group) is 1. The molecule has 2 rings (SSSR count). The molecule has 1 heterocycles. The summed E-state index contributed by atoms with van der Waals surface area (Å²) < 4.78 is 6.67. The Hall–Kier alpha value is -1.17. The minimum Gasteiger partial charge on any atom is -0.489 e. The summed E-state index contributed by atoms with van der Waals surface area (Å²) in [5.74, 6) is 0.795. The fourth-order valence-corrected chi connectivity index (χ4v) is 2.51. The summed E-state index contributed by atoms with van der Waals surface area (Å²) in [6.45, 7) is 2.79. The van der Waals surface area contributed by atoms with E-state index < -0.39 is 6.10 Å². The van der Waals surface area contributed by atoms with Crippen LogP contribution in [0.2, 0.25) is 0 Å². The highest BCUT2D eigenvalue weighted by atomic mass is 32.1. The van der Waals surface area contributed by atoms with Gasteiger partial charge in [-0.2, -0.15) is 0 Å². The number of aliphatic hydroxyl groups excluding tert-OH is 1. The molecular formula is C12H16N2O2S. The van der Waals surface area contributed by atoms with Gasteiger partial charge in [0.15, 0.2) is 0 Å². The van der Waals surface area contributed by atoms with Crippen LogP contribution >= 0.6 is 11.3 Å². The molecule has 2 aromatic rings. The van der Waals surface area contributed by atoms with Gasteiger partial charge in [-0.1, -0.05) is 6.07 Å². The minimum atomic E-state index is -0.496. The minimum absolute atomic E-state index is 0.289. The number of rotatable bonds is 5. The summed E-state index contributed by atoms with van der Waals surface area (Å²) in [6, 6.07) is 5.79. The number of hydrogen-bond donors (Lipinski definition) is 2. The first kappa shape index (κ1) is 12.3. The molecule has 17 heavy (non-hydrogen) atoms. The fraction of sp³-hybridized carbons (Fsp3) is 0.417. The number of fused-ring (bicyclic) bond motifs is 1. The molecule has 1 aromatic heterocycles. The maximum atomic E-state index is 9.59. The second-order valence-corrected chi connectivity index (χ2v) is 5.06. The normalized spacial score (nSPS) is 12.9. The molecule has 0 aliphatic rings. The van der Waals surface area contributed by atoms with Crippen molar-refractivity contribution in [3.8, 4) is 5.75 Å². The molecule has 0 spiro atoms. The molecule has 1 unspecified atom stereocenters. The van der Waals surface area contributed by atoms with Gasteiger partial charge in [0.05, 0.1) is 15.2 Å². The number of ether oxygens (including phenoxy) is 1. The van der Waals surface area contributed by atoms with Gasteiger partial charge in [-0.25, -0.2) is 4.98 Å². The molecular weight excluding hydrogens is 236 g/mol. The Kier molecular flexibility index (Phi) is 3.93. The second kappa shape index (κ2) is 5.44. The van der Waals surface area contributed by atoms with Gasteiger partial charge in [0.1, 0.15) is 18.5 Å². The molecule has 0 amide bonds. The number of aliphatic hydroxyl groups is 1. The molecule has 2 N–H and O–H groups in total. The first-order chi connectivity index (χ1) is 8.20. The Morgan fingerprint density at radius 2 is 2.35 bits per heavy atom. The van der Waals surface area contributed by atoms with Crippen molar-refractivity contribution in [3.05, 3.63) is 23.2 Å². The number of benzene rings is 1. The zero-order valence-electron chi connectivity index (χ0n) is 9.93. The van der Waals surface area contributed by atoms with E-state index in [4.69, 9.17) is 4.74 Å². The van der Waals surface area contributed by atoms with Crippen molar-refractivity contribution >= 4 is 21.6 Å². The monoisotopic (exact) mass is 252 g/mol. The van der Waals surface area contributed by atoms with Crippen molar-refractivity contribution in [2.24, 2.45) is 0 Å². The predicted octanol–water partition coefficient (Wildman–Crippen LogP) is 1.56. The maximum Gasteiger partial charge on any atom is 0.138 e. The first-order valence-electron chi connectivity index (χ1n) is 5.52. The van der Waals surface area contributed by atoms with Gasteiger partial charge in [0, 0.05) is 6.54 Å². The van der Waals surface area contributed by atoms with E-state index in [1.54, 1.807) is 18.4 Å². The Balaban J connectivity index is 2.12. The van der Waals surface area contributed by atoms with E-state index in [1.807, 2.05) is 25.1 Å². The fourth-order valence-electron chi connectivity index (χ4n) is 1.63. The van der Waals surface area contributed by atoms with E-state index in [2.05, 4.69) is 10.3 Å². The molecule has 0 aliphatic carbocycles. The van der Waals surface area contributed by atoms with Crippen molar-refractivity contribution in [2.45, 2.75) is 13.0 Å². The third-order valence-corrected chi connectivity index (χ3v) is 3.36. The lowest BCUT2D eigenvalue weighted by Gasteiger charge is -2.11. The van der Waals surface area contributed by atoms with Gasteiger partial charge in [-0.3, -0.25) is 0 Å². The number of aryl methyl sites for hydroxylation is 1. The standard InChI is InChI=1S/C12H16N2O2S/c1-8-14-10-4-3-5-11(12(10)17-8)16-7-9(15)6-13-2/h3-5,9,13,15H,6-7H2,1-2H3. The number of nitrogens with one attached hydrogen (secondary N) is 1. The van der Waals surface area contributed by atoms with E-state index in [9.17, 15) is 5.11 Å². The molecule has 0 fully saturated rings. The van der Waals surface area contributed by atoms with E-state index in [0.29, 0.717) is 6.54 Å². The van der Waals surface area contributed by atoms with Crippen LogP contribution in [0.1, 0.15) is 5.01 Å². The highest BCUT2D eigenvalue weighted by Gasteiger charge is 2.09. The van der Waals surface area contributed by atoms with Crippen LogP contribution in [0.25, 0.3) is 10.2 Å². The van der Waals surface area contributed by atoms with E-state index in [1.165, 1.54) is 0 Å². The SMILES string of the molecule is CNCC(O)COc1cccc2nc(C)sc12. The summed E-state index contributed by atoms with van der Waals surface area (Å²) in [7, 11) is 1.80. The summed E-state index contributed by atoms with van der Waals surface area (Å²) >= 11 is 1.61. The molecule has 92 valence electrons. The van der Waals surface area contributed by atoms with E-state index in [0.717, 1.165) is 21.0 Å². The smallest absolute Gasteiger partial charge is 0.138 e. The summed E-state index contributed by atoms with van der Waals surface area (Å²) in [5, 5.41) is 13.5. The van der Waals surface area contributed by atoms with Crippen molar-refractivity contribution in [1.82, 2.24) is 10.3 Å². The van der Waals surface area contributed by atoms with E-state index >= 15 is 0 Å². The molecule has 0 aliphatic heterocycles. The summed E-state index contributed by atoms with van der Waals surface area (Å²) in [6.07, 6.45) is -0.496. The third-order valence-electron chi connectivity index (χ3n) is 2.36. The molecule has 1 atom stereocenters. The predicted molar refractivity (Wildman–Crippen MR) is 69.8 cm³/mol. The zero-order valence-corrected chi connectivity index (χ0v) is 10.8. The lowest BCUT2D eigenvalue weighted by atomic mass is 10.3. The van der Waals surface area contributed by atoms with Crippen LogP contribution in [0.4, 0.5) is 0 Å². The maximum absolute atomic E-state index is 9.59. The highest BCUT2D eigenvalue weighted by Crippen LogP contribution is 2.30. The van der Waals surface area contributed by atoms with Crippen molar-refractivity contribution < 1.29 is 9.84 Å². The third kappa shape index (κ3) is 2.94. The Morgan fingerprint density at radius 1 is 1.53 bits per heavy atom. The van der Waals surface area contributed by atoms with Crippen LogP contribution in [0.3, 0.4) is 0 Å². The van der Waals surface area contributed by atoms with Crippen molar-refractivity contribution in [1.29, 1.82) is 0 Å². The Labute approximate surface area is 104 Å². The quantitative estimate of drug-likeness (QED) is 0.848. The van der Waals surface area contributed by atoms with Gasteiger partial charge in [0.25, 0.3) is 0 Å². The molecule has 0 bridgehead atoms. The number of aromatic nitrogens is 1. The van der Waals surface area contributed by atoms with Crippen molar-refractivity contribution in [3.63, 3.8) is 0 Å². The highest BCUT2D eigenvalue weighted by molar-refractivity contribution is 7.18. The average molecular weight is 252 g/mol. The van der Waals surface area contributed by atoms with Gasteiger partial charge in [-0.05, 0) is 26.1 Å². The Bertz CT molecular complexity index is 498. The lowest BCUT2D eigenvalue weighted by Crippen LogP contribution is -2.29. The molecule has 0 saturated heterocycles. The molecule has 4 nitrogen and oxygen atoms in total. The lowest BCUT2D eigenvalue weighted by molar-refractivity contribution is 0.109. The molecule has 0 radical (unpaired) electrons. The zero-order chi connectivity index (χ0) is 12.3. The van der Waals surface area contributed by atoms with Crippen LogP contribution in [0.15, 0.2) is 18.2 Å². The van der Waals surface area contributed by atoms with Crippen LogP contribution in [-0.2, 0) is 0 Å². The summed E-state index contributed by atoms with van der Waals surface area (Å²) in [4.78, 5) is 4.40. The number of thiazole rings is 1. The van der Waals surface area contributed by atoms with Crippen LogP contribution in [-0.4, -0.2) is 36.4 Å². The molecule has 5 heteroatoms. The number of nitrogens with zero attached hydrogens (tertiary/aromatic N) is 1. The largest absolute Gasteiger partial charge is 0.489 e. The molecule has 0 saturated carbocycles. The summed E-state index contributed by atoms with van der Waals surface area (Å²) in [5.41, 5.74) is 0.952. The van der Waals surface area contributed by atoms with Gasteiger partial charge in [0.2, 0.25) is 0 Å². The van der Waals surface area contributed by atoms with Crippen LogP contribution < -0.4 is 10.1 Å². The van der Waals surface area contributed by atoms with Gasteiger partial charge in [-0.15, -0.1) is 11.3 Å². The molecule has 1 aromatic carbocycles.